The minimum Gasteiger partial charge on any atom is -0.326 e. The second-order valence-corrected chi connectivity index (χ2v) is 7.14. The number of nitrogens with one attached hydrogen (secondary N) is 3. The Labute approximate surface area is 171 Å². The van der Waals surface area contributed by atoms with Gasteiger partial charge in [-0.2, -0.15) is 0 Å². The lowest BCUT2D eigenvalue weighted by Gasteiger charge is -2.05. The quantitative estimate of drug-likeness (QED) is 0.407. The molecule has 1 heterocycles. The number of aromatic nitrogens is 3. The van der Waals surface area contributed by atoms with Crippen molar-refractivity contribution in [1.29, 1.82) is 0 Å². The lowest BCUT2D eigenvalue weighted by molar-refractivity contribution is -0.114. The van der Waals surface area contributed by atoms with E-state index in [4.69, 9.17) is 0 Å². The number of thioether (sulfide) groups is 1. The maximum atomic E-state index is 12.2. The largest absolute Gasteiger partial charge is 0.326 e. The van der Waals surface area contributed by atoms with Crippen molar-refractivity contribution in [2.45, 2.75) is 19.0 Å². The Balaban J connectivity index is 1.59. The Morgan fingerprint density at radius 2 is 1.72 bits per heavy atom. The first-order valence-corrected chi connectivity index (χ1v) is 9.73. The van der Waals surface area contributed by atoms with Gasteiger partial charge in [-0.1, -0.05) is 36.0 Å². The molecule has 0 atom stereocenters. The van der Waals surface area contributed by atoms with Crippen molar-refractivity contribution in [3.63, 3.8) is 0 Å². The maximum absolute atomic E-state index is 12.2. The molecule has 0 spiro atoms. The van der Waals surface area contributed by atoms with Crippen LogP contribution in [0.3, 0.4) is 0 Å². The third kappa shape index (κ3) is 5.76. The molecule has 2 aromatic carbocycles. The lowest BCUT2D eigenvalue weighted by atomic mass is 10.1. The molecular formula is C20H19N5O3S. The fraction of sp³-hybridized carbons (Fsp3) is 0.150. The Morgan fingerprint density at radius 3 is 2.45 bits per heavy atom. The highest BCUT2D eigenvalue weighted by Gasteiger charge is 2.10. The number of aromatic amines is 1. The van der Waals surface area contributed by atoms with Crippen LogP contribution in [-0.2, 0) is 9.59 Å². The number of carbonyl (C=O) groups is 3. The first kappa shape index (κ1) is 20.3. The molecule has 0 radical (unpaired) electrons. The normalized spacial score (nSPS) is 10.4. The van der Waals surface area contributed by atoms with Gasteiger partial charge >= 0.3 is 0 Å². The number of carbonyl (C=O) groups excluding carboxylic acids is 3. The summed E-state index contributed by atoms with van der Waals surface area (Å²) in [6.45, 7) is 2.92. The molecule has 0 aliphatic carbocycles. The SMILES string of the molecule is CC(=O)Nc1cccc(-c2nc(SCC(=O)Nc3cccc(C(C)=O)c3)n[nH]2)c1. The Hall–Kier alpha value is -3.46. The molecule has 9 heteroatoms. The number of amides is 2. The molecule has 8 nitrogen and oxygen atoms in total. The van der Waals surface area contributed by atoms with E-state index in [0.29, 0.717) is 27.9 Å². The van der Waals surface area contributed by atoms with Crippen molar-refractivity contribution in [3.8, 4) is 11.4 Å². The highest BCUT2D eigenvalue weighted by atomic mass is 32.2. The number of H-pyrrole nitrogens is 1. The van der Waals surface area contributed by atoms with Gasteiger partial charge in [-0.25, -0.2) is 4.98 Å². The van der Waals surface area contributed by atoms with Crippen LogP contribution in [0, 0.1) is 0 Å². The van der Waals surface area contributed by atoms with Crippen molar-refractivity contribution in [2.75, 3.05) is 16.4 Å². The Morgan fingerprint density at radius 1 is 1.00 bits per heavy atom. The predicted octanol–water partition coefficient (Wildman–Crippen LogP) is 3.36. The van der Waals surface area contributed by atoms with Crippen LogP contribution in [0.25, 0.3) is 11.4 Å². The van der Waals surface area contributed by atoms with Gasteiger partial charge in [0.05, 0.1) is 5.75 Å². The van der Waals surface area contributed by atoms with Crippen molar-refractivity contribution >= 4 is 40.7 Å². The van der Waals surface area contributed by atoms with Crippen molar-refractivity contribution < 1.29 is 14.4 Å². The second kappa shape index (κ2) is 9.16. The summed E-state index contributed by atoms with van der Waals surface area (Å²) in [4.78, 5) is 39.2. The Kier molecular flexibility index (Phi) is 6.40. The molecule has 0 unspecified atom stereocenters. The van der Waals surface area contributed by atoms with Gasteiger partial charge in [0.2, 0.25) is 17.0 Å². The molecule has 3 rings (SSSR count). The number of rotatable bonds is 7. The van der Waals surface area contributed by atoms with E-state index >= 15 is 0 Å². The number of nitrogens with zero attached hydrogens (tertiary/aromatic N) is 2. The molecule has 0 fully saturated rings. The van der Waals surface area contributed by atoms with Crippen LogP contribution in [0.4, 0.5) is 11.4 Å². The second-order valence-electron chi connectivity index (χ2n) is 6.20. The van der Waals surface area contributed by atoms with Gasteiger partial charge in [0.25, 0.3) is 0 Å². The van der Waals surface area contributed by atoms with Crippen molar-refractivity contribution in [3.05, 3.63) is 54.1 Å². The fourth-order valence-electron chi connectivity index (χ4n) is 2.53. The third-order valence-electron chi connectivity index (χ3n) is 3.81. The molecule has 0 bridgehead atoms. The van der Waals surface area contributed by atoms with E-state index in [0.717, 1.165) is 5.56 Å². The topological polar surface area (TPSA) is 117 Å². The number of ketones is 1. The van der Waals surface area contributed by atoms with Crippen LogP contribution in [0.1, 0.15) is 24.2 Å². The summed E-state index contributed by atoms with van der Waals surface area (Å²) in [6, 6.07) is 14.0. The summed E-state index contributed by atoms with van der Waals surface area (Å²) in [6.07, 6.45) is 0. The van der Waals surface area contributed by atoms with E-state index in [1.54, 1.807) is 42.5 Å². The Bertz CT molecular complexity index is 1060. The van der Waals surface area contributed by atoms with Gasteiger partial charge < -0.3 is 10.6 Å². The first-order chi connectivity index (χ1) is 13.9. The summed E-state index contributed by atoms with van der Waals surface area (Å²) in [5, 5.41) is 12.8. The van der Waals surface area contributed by atoms with Gasteiger partial charge in [-0.15, -0.1) is 5.10 Å². The summed E-state index contributed by atoms with van der Waals surface area (Å²) in [5.41, 5.74) is 2.53. The lowest BCUT2D eigenvalue weighted by Crippen LogP contribution is -2.14. The van der Waals surface area contributed by atoms with Crippen LogP contribution < -0.4 is 10.6 Å². The van der Waals surface area contributed by atoms with Gasteiger partial charge in [-0.05, 0) is 31.2 Å². The number of hydrogen-bond donors (Lipinski definition) is 3. The smallest absolute Gasteiger partial charge is 0.234 e. The highest BCUT2D eigenvalue weighted by Crippen LogP contribution is 2.22. The van der Waals surface area contributed by atoms with Crippen molar-refractivity contribution in [1.82, 2.24) is 15.2 Å². The molecule has 148 valence electrons. The molecular weight excluding hydrogens is 390 g/mol. The first-order valence-electron chi connectivity index (χ1n) is 8.75. The van der Waals surface area contributed by atoms with E-state index in [-0.39, 0.29) is 23.4 Å². The van der Waals surface area contributed by atoms with Crippen LogP contribution in [0.5, 0.6) is 0 Å². The molecule has 3 aromatic rings. The summed E-state index contributed by atoms with van der Waals surface area (Å²) < 4.78 is 0. The molecule has 0 aliphatic rings. The number of benzene rings is 2. The number of anilines is 2. The average molecular weight is 409 g/mol. The van der Waals surface area contributed by atoms with Crippen LogP contribution in [0.15, 0.2) is 53.7 Å². The summed E-state index contributed by atoms with van der Waals surface area (Å²) >= 11 is 1.19. The minimum absolute atomic E-state index is 0.0636. The predicted molar refractivity (Wildman–Crippen MR) is 112 cm³/mol. The highest BCUT2D eigenvalue weighted by molar-refractivity contribution is 7.99. The summed E-state index contributed by atoms with van der Waals surface area (Å²) in [5.74, 6) is 0.208. The third-order valence-corrected chi connectivity index (χ3v) is 4.65. The molecule has 0 saturated heterocycles. The number of hydrogen-bond acceptors (Lipinski definition) is 6. The van der Waals surface area contributed by atoms with Gasteiger partial charge in [-0.3, -0.25) is 19.5 Å². The van der Waals surface area contributed by atoms with E-state index in [9.17, 15) is 14.4 Å². The van der Waals surface area contributed by atoms with E-state index in [1.807, 2.05) is 6.07 Å². The zero-order valence-corrected chi connectivity index (χ0v) is 16.7. The standard InChI is InChI=1S/C20H19N5O3S/c1-12(26)14-5-3-8-17(9-14)22-18(28)11-29-20-23-19(24-25-20)15-6-4-7-16(10-15)21-13(2)27/h3-10H,11H2,1-2H3,(H,21,27)(H,22,28)(H,23,24,25). The van der Waals surface area contributed by atoms with Crippen LogP contribution >= 0.6 is 11.8 Å². The van der Waals surface area contributed by atoms with E-state index in [1.165, 1.54) is 25.6 Å². The zero-order valence-electron chi connectivity index (χ0n) is 15.9. The average Bonchev–Trinajstić information content (AvgIpc) is 3.15. The minimum atomic E-state index is -0.227. The maximum Gasteiger partial charge on any atom is 0.234 e. The van der Waals surface area contributed by atoms with Gasteiger partial charge in [0.15, 0.2) is 11.6 Å². The zero-order chi connectivity index (χ0) is 20.8. The van der Waals surface area contributed by atoms with Gasteiger partial charge in [0.1, 0.15) is 0 Å². The number of Topliss-reactive ketones (excluding diaryl/α,β-unsaturated/α-hetero) is 1. The van der Waals surface area contributed by atoms with E-state index in [2.05, 4.69) is 25.8 Å². The molecule has 0 aliphatic heterocycles. The van der Waals surface area contributed by atoms with Gasteiger partial charge in [0, 0.05) is 29.4 Å². The van der Waals surface area contributed by atoms with Crippen LogP contribution in [0.2, 0.25) is 0 Å². The van der Waals surface area contributed by atoms with Crippen LogP contribution in [-0.4, -0.2) is 38.5 Å². The molecule has 1 aromatic heterocycles. The van der Waals surface area contributed by atoms with E-state index < -0.39 is 0 Å². The molecule has 29 heavy (non-hydrogen) atoms. The molecule has 3 N–H and O–H groups in total. The van der Waals surface area contributed by atoms with Crippen molar-refractivity contribution in [2.24, 2.45) is 0 Å². The molecule has 0 saturated carbocycles. The monoisotopic (exact) mass is 409 g/mol. The summed E-state index contributed by atoms with van der Waals surface area (Å²) in [7, 11) is 0. The fourth-order valence-corrected chi connectivity index (χ4v) is 3.13. The molecule has 2 amide bonds.